The van der Waals surface area contributed by atoms with Crippen molar-refractivity contribution in [1.29, 1.82) is 0 Å². The minimum Gasteiger partial charge on any atom is -0.490 e. The molecule has 0 aliphatic heterocycles. The zero-order chi connectivity index (χ0) is 16.2. The van der Waals surface area contributed by atoms with E-state index in [0.717, 1.165) is 10.9 Å². The quantitative estimate of drug-likeness (QED) is 0.505. The summed E-state index contributed by atoms with van der Waals surface area (Å²) in [7, 11) is 0. The third-order valence-electron chi connectivity index (χ3n) is 3.43. The number of carbonyl (C=O) groups is 1. The molecule has 2 aromatic carbocycles. The molecule has 118 valence electrons. The van der Waals surface area contributed by atoms with E-state index in [1.165, 1.54) is 0 Å². The highest BCUT2D eigenvalue weighted by molar-refractivity contribution is 6.30. The highest BCUT2D eigenvalue weighted by Gasteiger charge is 2.18. The summed E-state index contributed by atoms with van der Waals surface area (Å²) in [4.78, 5) is 12.1. The number of ether oxygens (including phenoxy) is 2. The first-order valence-corrected chi connectivity index (χ1v) is 7.56. The number of para-hydroxylation sites is 1. The van der Waals surface area contributed by atoms with Crippen LogP contribution in [0.5, 0.6) is 5.75 Å². The molecule has 0 aliphatic rings. The molecule has 1 heterocycles. The first-order valence-electron chi connectivity index (χ1n) is 7.19. The van der Waals surface area contributed by atoms with Crippen LogP contribution in [0.25, 0.3) is 11.0 Å². The summed E-state index contributed by atoms with van der Waals surface area (Å²) in [5, 5.41) is 1.56. The number of benzene rings is 2. The lowest BCUT2D eigenvalue weighted by Gasteiger charge is -2.06. The molecule has 4 nitrogen and oxygen atoms in total. The number of hydrogen-bond donors (Lipinski definition) is 0. The fraction of sp³-hybridized carbons (Fsp3) is 0.167. The summed E-state index contributed by atoms with van der Waals surface area (Å²) in [6.07, 6.45) is 0. The summed E-state index contributed by atoms with van der Waals surface area (Å²) >= 11 is 5.80. The smallest absolute Gasteiger partial charge is 0.374 e. The average Bonchev–Trinajstić information content (AvgIpc) is 2.90. The lowest BCUT2D eigenvalue weighted by atomic mass is 10.1. The van der Waals surface area contributed by atoms with Gasteiger partial charge in [0.25, 0.3) is 0 Å². The number of rotatable bonds is 5. The SMILES string of the molecule is Cc1c(C(=O)OCCOc2ccc(Cl)cc2)oc2ccccc12. The van der Waals surface area contributed by atoms with E-state index in [-0.39, 0.29) is 19.0 Å². The number of esters is 1. The summed E-state index contributed by atoms with van der Waals surface area (Å²) < 4.78 is 16.2. The van der Waals surface area contributed by atoms with Crippen LogP contribution in [-0.2, 0) is 4.74 Å². The fourth-order valence-corrected chi connectivity index (χ4v) is 2.39. The zero-order valence-corrected chi connectivity index (χ0v) is 13.3. The molecule has 0 atom stereocenters. The highest BCUT2D eigenvalue weighted by atomic mass is 35.5. The Morgan fingerprint density at radius 3 is 2.57 bits per heavy atom. The second kappa shape index (κ2) is 6.75. The molecular weight excluding hydrogens is 316 g/mol. The van der Waals surface area contributed by atoms with Crippen LogP contribution in [0.15, 0.2) is 52.9 Å². The Bertz CT molecular complexity index is 821. The van der Waals surface area contributed by atoms with Gasteiger partial charge in [0.15, 0.2) is 0 Å². The topological polar surface area (TPSA) is 48.7 Å². The fourth-order valence-electron chi connectivity index (χ4n) is 2.26. The Morgan fingerprint density at radius 1 is 1.09 bits per heavy atom. The molecule has 0 saturated carbocycles. The van der Waals surface area contributed by atoms with E-state index in [1.54, 1.807) is 24.3 Å². The van der Waals surface area contributed by atoms with Gasteiger partial charge in [0.05, 0.1) is 0 Å². The first kappa shape index (κ1) is 15.4. The van der Waals surface area contributed by atoms with E-state index < -0.39 is 5.97 Å². The standard InChI is InChI=1S/C18H15ClO4/c1-12-15-4-2-3-5-16(15)23-17(12)18(20)22-11-10-21-14-8-6-13(19)7-9-14/h2-9H,10-11H2,1H3. The largest absolute Gasteiger partial charge is 0.490 e. The Balaban J connectivity index is 1.56. The molecule has 1 aromatic heterocycles. The molecule has 3 rings (SSSR count). The number of aryl methyl sites for hydroxylation is 1. The van der Waals surface area contributed by atoms with Crippen LogP contribution in [0.3, 0.4) is 0 Å². The molecule has 23 heavy (non-hydrogen) atoms. The molecule has 0 unspecified atom stereocenters. The van der Waals surface area contributed by atoms with Gasteiger partial charge in [0.2, 0.25) is 5.76 Å². The van der Waals surface area contributed by atoms with Crippen molar-refractivity contribution in [3.63, 3.8) is 0 Å². The van der Waals surface area contributed by atoms with Gasteiger partial charge >= 0.3 is 5.97 Å². The van der Waals surface area contributed by atoms with Gasteiger partial charge in [-0.3, -0.25) is 0 Å². The Labute approximate surface area is 138 Å². The first-order chi connectivity index (χ1) is 11.1. The number of fused-ring (bicyclic) bond motifs is 1. The van der Waals surface area contributed by atoms with Gasteiger partial charge in [-0.15, -0.1) is 0 Å². The maximum absolute atomic E-state index is 12.1. The highest BCUT2D eigenvalue weighted by Crippen LogP contribution is 2.25. The van der Waals surface area contributed by atoms with Crippen LogP contribution in [0.4, 0.5) is 0 Å². The maximum atomic E-state index is 12.1. The number of furan rings is 1. The minimum absolute atomic E-state index is 0.137. The number of carbonyl (C=O) groups excluding carboxylic acids is 1. The van der Waals surface area contributed by atoms with Gasteiger partial charge in [-0.1, -0.05) is 29.8 Å². The van der Waals surface area contributed by atoms with Crippen molar-refractivity contribution in [3.05, 3.63) is 64.9 Å². The average molecular weight is 331 g/mol. The normalized spacial score (nSPS) is 10.7. The third-order valence-corrected chi connectivity index (χ3v) is 3.68. The van der Waals surface area contributed by atoms with Crippen molar-refractivity contribution in [2.24, 2.45) is 0 Å². The maximum Gasteiger partial charge on any atom is 0.374 e. The van der Waals surface area contributed by atoms with E-state index in [0.29, 0.717) is 16.4 Å². The van der Waals surface area contributed by atoms with Crippen molar-refractivity contribution < 1.29 is 18.7 Å². The Hall–Kier alpha value is -2.46. The number of hydrogen-bond acceptors (Lipinski definition) is 4. The van der Waals surface area contributed by atoms with Gasteiger partial charge in [-0.25, -0.2) is 4.79 Å². The van der Waals surface area contributed by atoms with E-state index in [2.05, 4.69) is 0 Å². The second-order valence-corrected chi connectivity index (χ2v) is 5.43. The van der Waals surface area contributed by atoms with Crippen molar-refractivity contribution >= 4 is 28.5 Å². The van der Waals surface area contributed by atoms with E-state index in [1.807, 2.05) is 31.2 Å². The molecule has 0 bridgehead atoms. The van der Waals surface area contributed by atoms with Crippen molar-refractivity contribution in [3.8, 4) is 5.75 Å². The molecule has 3 aromatic rings. The van der Waals surface area contributed by atoms with E-state index in [9.17, 15) is 4.79 Å². The van der Waals surface area contributed by atoms with Gasteiger partial charge in [-0.05, 0) is 37.3 Å². The molecule has 0 radical (unpaired) electrons. The van der Waals surface area contributed by atoms with Crippen LogP contribution in [0, 0.1) is 6.92 Å². The van der Waals surface area contributed by atoms with Crippen molar-refractivity contribution in [1.82, 2.24) is 0 Å². The van der Waals surface area contributed by atoms with Gasteiger partial charge < -0.3 is 13.9 Å². The van der Waals surface area contributed by atoms with Gasteiger partial charge in [0.1, 0.15) is 24.5 Å². The zero-order valence-electron chi connectivity index (χ0n) is 12.5. The second-order valence-electron chi connectivity index (χ2n) is 4.99. The van der Waals surface area contributed by atoms with E-state index in [4.69, 9.17) is 25.5 Å². The molecule has 0 N–H and O–H groups in total. The van der Waals surface area contributed by atoms with Crippen LogP contribution in [-0.4, -0.2) is 19.2 Å². The predicted octanol–water partition coefficient (Wildman–Crippen LogP) is 4.63. The lowest BCUT2D eigenvalue weighted by molar-refractivity contribution is 0.0416. The predicted molar refractivity (Wildman–Crippen MR) is 88.2 cm³/mol. The van der Waals surface area contributed by atoms with Crippen molar-refractivity contribution in [2.75, 3.05) is 13.2 Å². The molecular formula is C18H15ClO4. The number of halogens is 1. The molecule has 5 heteroatoms. The van der Waals surface area contributed by atoms with E-state index >= 15 is 0 Å². The monoisotopic (exact) mass is 330 g/mol. The Kier molecular flexibility index (Phi) is 4.53. The third kappa shape index (κ3) is 3.48. The summed E-state index contributed by atoms with van der Waals surface area (Å²) in [6.45, 7) is 2.23. The minimum atomic E-state index is -0.488. The Morgan fingerprint density at radius 2 is 1.83 bits per heavy atom. The summed E-state index contributed by atoms with van der Waals surface area (Å²) in [5.41, 5.74) is 1.46. The summed E-state index contributed by atoms with van der Waals surface area (Å²) in [5.74, 6) is 0.418. The van der Waals surface area contributed by atoms with Crippen LogP contribution in [0.2, 0.25) is 5.02 Å². The molecule has 0 amide bonds. The van der Waals surface area contributed by atoms with Crippen LogP contribution < -0.4 is 4.74 Å². The molecule has 0 saturated heterocycles. The van der Waals surface area contributed by atoms with Crippen molar-refractivity contribution in [2.45, 2.75) is 6.92 Å². The van der Waals surface area contributed by atoms with Crippen LogP contribution in [0.1, 0.15) is 16.1 Å². The molecule has 0 fully saturated rings. The van der Waals surface area contributed by atoms with Crippen LogP contribution >= 0.6 is 11.6 Å². The molecule has 0 spiro atoms. The summed E-state index contributed by atoms with van der Waals surface area (Å²) in [6, 6.07) is 14.5. The molecule has 0 aliphatic carbocycles. The van der Waals surface area contributed by atoms with Gasteiger partial charge in [0, 0.05) is 16.0 Å². The lowest BCUT2D eigenvalue weighted by Crippen LogP contribution is -2.12. The van der Waals surface area contributed by atoms with Gasteiger partial charge in [-0.2, -0.15) is 0 Å².